The van der Waals surface area contributed by atoms with Crippen molar-refractivity contribution in [2.45, 2.75) is 32.7 Å². The summed E-state index contributed by atoms with van der Waals surface area (Å²) in [5.74, 6) is 0. The van der Waals surface area contributed by atoms with Crippen LogP contribution in [0.5, 0.6) is 0 Å². The highest BCUT2D eigenvalue weighted by Gasteiger charge is 2.36. The molecule has 1 fully saturated rings. The van der Waals surface area contributed by atoms with Gasteiger partial charge in [0.15, 0.2) is 0 Å². The second-order valence-corrected chi connectivity index (χ2v) is 5.10. The van der Waals surface area contributed by atoms with Crippen molar-refractivity contribution < 1.29 is 14.9 Å². The maximum Gasteiger partial charge on any atom is 0.0557 e. The molecule has 4 heteroatoms. The van der Waals surface area contributed by atoms with E-state index < -0.39 is 0 Å². The molecule has 0 aromatic heterocycles. The first-order valence-corrected chi connectivity index (χ1v) is 6.17. The van der Waals surface area contributed by atoms with Gasteiger partial charge in [-0.3, -0.25) is 0 Å². The fraction of sp³-hybridized carbons (Fsp3) is 1.00. The summed E-state index contributed by atoms with van der Waals surface area (Å²) in [5.41, 5.74) is -0.0836. The Labute approximate surface area is 98.2 Å². The normalized spacial score (nSPS) is 25.9. The second-order valence-electron chi connectivity index (χ2n) is 5.10. The van der Waals surface area contributed by atoms with Crippen molar-refractivity contribution in [1.29, 1.82) is 0 Å². The standard InChI is InChI=1S/C12H25NO3/c1-11(2)13(5-3-6-14)8-12(9-15)4-7-16-10-12/h11,14-15H,3-10H2,1-2H3. The minimum absolute atomic E-state index is 0.0836. The highest BCUT2D eigenvalue weighted by Crippen LogP contribution is 2.29. The molecule has 0 saturated carbocycles. The maximum absolute atomic E-state index is 9.52. The van der Waals surface area contributed by atoms with Gasteiger partial charge in [0.1, 0.15) is 0 Å². The third-order valence-corrected chi connectivity index (χ3v) is 3.39. The summed E-state index contributed by atoms with van der Waals surface area (Å²) in [6.45, 7) is 7.88. The fourth-order valence-electron chi connectivity index (χ4n) is 2.17. The van der Waals surface area contributed by atoms with Gasteiger partial charge in [-0.15, -0.1) is 0 Å². The predicted molar refractivity (Wildman–Crippen MR) is 63.4 cm³/mol. The highest BCUT2D eigenvalue weighted by molar-refractivity contribution is 4.86. The smallest absolute Gasteiger partial charge is 0.0557 e. The van der Waals surface area contributed by atoms with Crippen LogP contribution in [0.25, 0.3) is 0 Å². The van der Waals surface area contributed by atoms with Gasteiger partial charge in [0, 0.05) is 37.8 Å². The SMILES string of the molecule is CC(C)N(CCCO)CC1(CO)CCOC1. The molecule has 0 spiro atoms. The molecule has 0 amide bonds. The lowest BCUT2D eigenvalue weighted by Gasteiger charge is -2.35. The van der Waals surface area contributed by atoms with Crippen molar-refractivity contribution in [2.24, 2.45) is 5.41 Å². The van der Waals surface area contributed by atoms with Gasteiger partial charge in [0.25, 0.3) is 0 Å². The molecule has 2 N–H and O–H groups in total. The van der Waals surface area contributed by atoms with E-state index in [9.17, 15) is 5.11 Å². The largest absolute Gasteiger partial charge is 0.396 e. The average Bonchev–Trinajstić information content (AvgIpc) is 2.73. The predicted octanol–water partition coefficient (Wildman–Crippen LogP) is 0.478. The van der Waals surface area contributed by atoms with Crippen LogP contribution >= 0.6 is 0 Å². The summed E-state index contributed by atoms with van der Waals surface area (Å²) in [7, 11) is 0. The number of ether oxygens (including phenoxy) is 1. The molecule has 1 heterocycles. The molecule has 1 aliphatic heterocycles. The molecule has 0 aromatic carbocycles. The van der Waals surface area contributed by atoms with Gasteiger partial charge in [-0.2, -0.15) is 0 Å². The third kappa shape index (κ3) is 3.70. The van der Waals surface area contributed by atoms with E-state index >= 15 is 0 Å². The summed E-state index contributed by atoms with van der Waals surface area (Å²) < 4.78 is 5.40. The van der Waals surface area contributed by atoms with Gasteiger partial charge < -0.3 is 19.8 Å². The molecular weight excluding hydrogens is 206 g/mol. The zero-order chi connectivity index (χ0) is 12.0. The Balaban J connectivity index is 2.51. The molecule has 1 aliphatic rings. The van der Waals surface area contributed by atoms with Crippen molar-refractivity contribution in [1.82, 2.24) is 4.90 Å². The Morgan fingerprint density at radius 3 is 2.56 bits per heavy atom. The van der Waals surface area contributed by atoms with Gasteiger partial charge in [0.05, 0.1) is 13.2 Å². The number of hydrogen-bond donors (Lipinski definition) is 2. The summed E-state index contributed by atoms with van der Waals surface area (Å²) in [6, 6.07) is 0.440. The van der Waals surface area contributed by atoms with Gasteiger partial charge in [-0.25, -0.2) is 0 Å². The molecule has 1 atom stereocenters. The summed E-state index contributed by atoms with van der Waals surface area (Å²) in [6.07, 6.45) is 1.73. The zero-order valence-corrected chi connectivity index (χ0v) is 10.5. The Bertz CT molecular complexity index is 191. The van der Waals surface area contributed by atoms with E-state index in [0.717, 1.165) is 32.5 Å². The first-order chi connectivity index (χ1) is 7.63. The Morgan fingerprint density at radius 1 is 1.38 bits per heavy atom. The first-order valence-electron chi connectivity index (χ1n) is 6.17. The highest BCUT2D eigenvalue weighted by atomic mass is 16.5. The lowest BCUT2D eigenvalue weighted by atomic mass is 9.87. The molecule has 1 unspecified atom stereocenters. The van der Waals surface area contributed by atoms with Crippen LogP contribution in [-0.2, 0) is 4.74 Å². The maximum atomic E-state index is 9.52. The van der Waals surface area contributed by atoms with Gasteiger partial charge >= 0.3 is 0 Å². The minimum Gasteiger partial charge on any atom is -0.396 e. The van der Waals surface area contributed by atoms with E-state index in [0.29, 0.717) is 12.6 Å². The number of aliphatic hydroxyl groups excluding tert-OH is 2. The van der Waals surface area contributed by atoms with Crippen LogP contribution < -0.4 is 0 Å². The van der Waals surface area contributed by atoms with Crippen LogP contribution in [0.1, 0.15) is 26.7 Å². The van der Waals surface area contributed by atoms with E-state index in [1.165, 1.54) is 0 Å². The van der Waals surface area contributed by atoms with Crippen molar-refractivity contribution in [3.63, 3.8) is 0 Å². The quantitative estimate of drug-likeness (QED) is 0.669. The molecule has 0 bridgehead atoms. The van der Waals surface area contributed by atoms with Crippen molar-refractivity contribution in [2.75, 3.05) is 39.5 Å². The fourth-order valence-corrected chi connectivity index (χ4v) is 2.17. The Kier molecular flexibility index (Phi) is 5.69. The van der Waals surface area contributed by atoms with Crippen LogP contribution in [-0.4, -0.2) is 60.7 Å². The number of rotatable bonds is 7. The summed E-state index contributed by atoms with van der Waals surface area (Å²) in [4.78, 5) is 2.32. The van der Waals surface area contributed by atoms with Crippen LogP contribution in [0.3, 0.4) is 0 Å². The van der Waals surface area contributed by atoms with E-state index in [-0.39, 0.29) is 18.6 Å². The van der Waals surface area contributed by atoms with Crippen LogP contribution in [0.4, 0.5) is 0 Å². The Morgan fingerprint density at radius 2 is 2.12 bits per heavy atom. The first kappa shape index (κ1) is 13.9. The van der Waals surface area contributed by atoms with Crippen molar-refractivity contribution in [3.8, 4) is 0 Å². The molecule has 0 aliphatic carbocycles. The van der Waals surface area contributed by atoms with Crippen molar-refractivity contribution in [3.05, 3.63) is 0 Å². The molecule has 1 rings (SSSR count). The lowest BCUT2D eigenvalue weighted by molar-refractivity contribution is 0.0441. The van der Waals surface area contributed by atoms with E-state index in [2.05, 4.69) is 18.7 Å². The van der Waals surface area contributed by atoms with Gasteiger partial charge in [0.2, 0.25) is 0 Å². The molecule has 96 valence electrons. The van der Waals surface area contributed by atoms with Crippen LogP contribution in [0.2, 0.25) is 0 Å². The number of hydrogen-bond acceptors (Lipinski definition) is 4. The van der Waals surface area contributed by atoms with Crippen LogP contribution in [0, 0.1) is 5.41 Å². The topological polar surface area (TPSA) is 52.9 Å². The Hall–Kier alpha value is -0.160. The molecule has 0 aromatic rings. The van der Waals surface area contributed by atoms with E-state index in [1.54, 1.807) is 0 Å². The lowest BCUT2D eigenvalue weighted by Crippen LogP contribution is -2.44. The second kappa shape index (κ2) is 6.55. The average molecular weight is 231 g/mol. The molecule has 1 saturated heterocycles. The van der Waals surface area contributed by atoms with E-state index in [1.807, 2.05) is 0 Å². The summed E-state index contributed by atoms with van der Waals surface area (Å²) in [5, 5.41) is 18.4. The zero-order valence-electron chi connectivity index (χ0n) is 10.5. The summed E-state index contributed by atoms with van der Waals surface area (Å²) >= 11 is 0. The minimum atomic E-state index is -0.0836. The van der Waals surface area contributed by atoms with E-state index in [4.69, 9.17) is 9.84 Å². The van der Waals surface area contributed by atoms with Gasteiger partial charge in [-0.05, 0) is 26.7 Å². The third-order valence-electron chi connectivity index (χ3n) is 3.39. The number of aliphatic hydroxyl groups is 2. The van der Waals surface area contributed by atoms with Crippen molar-refractivity contribution >= 4 is 0 Å². The molecule has 0 radical (unpaired) electrons. The van der Waals surface area contributed by atoms with Crippen LogP contribution in [0.15, 0.2) is 0 Å². The monoisotopic (exact) mass is 231 g/mol. The molecule has 16 heavy (non-hydrogen) atoms. The number of nitrogens with zero attached hydrogens (tertiary/aromatic N) is 1. The molecular formula is C12H25NO3. The molecule has 4 nitrogen and oxygen atoms in total. The van der Waals surface area contributed by atoms with Gasteiger partial charge in [-0.1, -0.05) is 0 Å².